The lowest BCUT2D eigenvalue weighted by atomic mass is 10.1. The molecule has 4 aliphatic heterocycles. The van der Waals surface area contributed by atoms with Crippen molar-refractivity contribution in [1.82, 2.24) is 100 Å². The molecule has 0 unspecified atom stereocenters. The highest BCUT2D eigenvalue weighted by Gasteiger charge is 2.51. The molecule has 27 N–H and O–H groups in total. The quantitative estimate of drug-likeness (QED) is 0.0113. The smallest absolute Gasteiger partial charge is 0.468 e. The highest BCUT2D eigenvalue weighted by Crippen LogP contribution is 2.40. The van der Waals surface area contributed by atoms with Crippen LogP contribution in [0.3, 0.4) is 0 Å². The van der Waals surface area contributed by atoms with E-state index < -0.39 is 201 Å². The second kappa shape index (κ2) is 46.7. The highest BCUT2D eigenvalue weighted by molar-refractivity contribution is 5.81. The Morgan fingerprint density at radius 3 is 1.31 bits per heavy atom. The van der Waals surface area contributed by atoms with Crippen LogP contribution in [-0.2, 0) is 77.3 Å². The predicted octanol–water partition coefficient (Wildman–Crippen LogP) is -8.66. The first-order chi connectivity index (χ1) is 68.5. The lowest BCUT2D eigenvalue weighted by Gasteiger charge is -2.18. The van der Waals surface area contributed by atoms with Crippen molar-refractivity contribution in [1.29, 1.82) is 0 Å². The van der Waals surface area contributed by atoms with E-state index in [9.17, 15) is 115 Å². The zero-order valence-electron chi connectivity index (χ0n) is 78.1. The molecule has 11 aromatic rings. The van der Waals surface area contributed by atoms with E-state index in [1.54, 1.807) is 33.8 Å². The SMILES string of the molecule is C=CCn1c(=O)n([C@@H]2C[C@H](CO)[C@@H](O)[C@H]2O)c2nc(N)nc(C)c21.C=CCn1c(=O)n([C@@H]2O[C@H](CO)[C@@H](O)[C@H]2O)c2nc(N)nc(OCN(C)C(=O)OCC)c21.C=CCn1c(=O)n([C@@H]2O[C@H](CO)[C@@H](O)[C@H]2O)c2nc(N)nc(OCc3oc(=O)oc3C)c21.C=CCn1c(=O)n([C@@H]2O[C@H](CO)[C@@H](O)[C@H]2O)c2nc(N)ncc21.C=CCn1c(=O)n([C@@H]2O[C@H](COC(=O)[C@@H](N)C(C)C)[C@@H](O)[C@H]2O)c2nc(N)[nH]c(=O)c21.C=O. The van der Waals surface area contributed by atoms with Gasteiger partial charge in [0.2, 0.25) is 41.5 Å². The molecular formula is C83H113N27O34. The molecule has 61 nitrogen and oxygen atoms in total. The number of hydrogen-bond acceptors (Lipinski definition) is 49. The lowest BCUT2D eigenvalue weighted by molar-refractivity contribution is -0.152. The number of hydrogen-bond donors (Lipinski definition) is 21. The summed E-state index contributed by atoms with van der Waals surface area (Å²) in [5.41, 5.74) is 32.5. The number of carbonyl (C=O) groups is 3. The van der Waals surface area contributed by atoms with Gasteiger partial charge in [-0.3, -0.25) is 46.9 Å². The van der Waals surface area contributed by atoms with Crippen LogP contribution >= 0.6 is 0 Å². The zero-order valence-corrected chi connectivity index (χ0v) is 78.1. The summed E-state index contributed by atoms with van der Waals surface area (Å²) >= 11 is 0. The Balaban J connectivity index is 0.000000172. The molecule has 5 aliphatic rings. The number of aliphatic hydroxyl groups is 14. The van der Waals surface area contributed by atoms with Crippen LogP contribution in [0.25, 0.3) is 55.8 Å². The number of nitrogens with zero attached hydrogens (tertiary/aromatic N) is 20. The molecule has 16 rings (SSSR count). The lowest BCUT2D eigenvalue weighted by Crippen LogP contribution is -2.40. The topological polar surface area (TPSA) is 895 Å². The first-order valence-corrected chi connectivity index (χ1v) is 43.9. The number of anilines is 5. The zero-order chi connectivity index (χ0) is 106. The maximum Gasteiger partial charge on any atom is 0.519 e. The van der Waals surface area contributed by atoms with Gasteiger partial charge in [-0.15, -0.1) is 32.9 Å². The number of allylic oxidation sites excluding steroid dienone is 5. The number of H-pyrrole nitrogens is 1. The van der Waals surface area contributed by atoms with Crippen LogP contribution in [0.4, 0.5) is 34.5 Å². The van der Waals surface area contributed by atoms with Crippen LogP contribution in [0.2, 0.25) is 0 Å². The van der Waals surface area contributed by atoms with Crippen molar-refractivity contribution in [3.8, 4) is 11.8 Å². The molecule has 1 amide bonds. The summed E-state index contributed by atoms with van der Waals surface area (Å²) in [7, 11) is 1.45. The number of aromatic nitrogens is 20. The largest absolute Gasteiger partial charge is 0.519 e. The normalized spacial score (nSPS) is 24.4. The maximum atomic E-state index is 13.2. The maximum absolute atomic E-state index is 13.2. The van der Waals surface area contributed by atoms with Gasteiger partial charge in [0, 0.05) is 52.3 Å². The summed E-state index contributed by atoms with van der Waals surface area (Å²) in [6.07, 6.45) is -15.2. The molecule has 0 aromatic carbocycles. The molecule has 15 heterocycles. The highest BCUT2D eigenvalue weighted by atomic mass is 16.6. The fraction of sp³-hybridized carbons (Fsp3) is 0.506. The van der Waals surface area contributed by atoms with Gasteiger partial charge in [-0.1, -0.05) is 44.2 Å². The van der Waals surface area contributed by atoms with Gasteiger partial charge in [-0.2, -0.15) is 34.9 Å². The van der Waals surface area contributed by atoms with Gasteiger partial charge >= 0.3 is 46.3 Å². The standard InChI is InChI=1S/C18H26N6O8.C18H26N6O7.C18H21N5O9.C15H21N5O4.C13H17N5O5.CH2O/c1-4-6-23-10-13(24(17(23)28)15-12(27)11(26)9(7-25)32-15)20-16(19)21-14(10)31-8-22(3)18(29)30-5-2;1-4-5-23-10-13(21-17(20)22-14(10)27)24(18(23)29)15-12(26)11(25)8(31-15)6-30-16(28)9(19)7(2)3;1-3-4-22-10-13(23(17(22)27)15-12(26)11(25)8(5-24)31-15)20-16(19)21-14(10)29-6-9-7(2)30-18(28)32-9;1-3-4-19-10-7(2)17-14(16)18-13(10)20(15(19)24)9-5-8(6-21)11(22)12(9)23;1-2-3-17-6-4-15-12(14)16-10(6)18(13(17)22)11-9(21)8(20)7(5-19)23-11;1-2/h4,9,11-12,15,25-27H,1,5-8H2,2-3H3,(H2,19,20,21);4,7-9,11-12,15,25-26H,1,5-6,19H2,2-3H3,(H3,20,21,22,27);3,8,11-12,15,24-26H,1,4-6H2,2H3,(H2,19,20,21);3,8-9,11-12,21-23H,1,4-6H2,2H3,(H2,16,17,18);2,4,7-9,11,19-21H,1,3,5H2,(H2,14,15,16);1H2/t9-,11-,12-,15-;8-,9+,11-,12-,15-;8-,11-,12-,15-;8-,9-,11-,12+;7-,8-,9-,11-;/m11111./s1. The molecule has 0 radical (unpaired) electrons. The second-order valence-corrected chi connectivity index (χ2v) is 33.0. The van der Waals surface area contributed by atoms with Gasteiger partial charge in [-0.25, -0.2) is 61.8 Å². The number of nitrogens with two attached hydrogens (primary N) is 6. The van der Waals surface area contributed by atoms with Crippen LogP contribution in [0.5, 0.6) is 11.8 Å². The van der Waals surface area contributed by atoms with Crippen LogP contribution in [0.15, 0.2) is 112 Å². The van der Waals surface area contributed by atoms with E-state index in [0.717, 1.165) is 27.7 Å². The summed E-state index contributed by atoms with van der Waals surface area (Å²) in [5, 5.41) is 140. The molecule has 21 atom stereocenters. The van der Waals surface area contributed by atoms with E-state index >= 15 is 0 Å². The molecule has 0 spiro atoms. The number of ether oxygens (including phenoxy) is 8. The summed E-state index contributed by atoms with van der Waals surface area (Å²) < 4.78 is 64.7. The third-order valence-corrected chi connectivity index (χ3v) is 23.5. The van der Waals surface area contributed by atoms with Crippen LogP contribution < -0.4 is 83.7 Å². The van der Waals surface area contributed by atoms with E-state index in [-0.39, 0.29) is 169 Å². The fourth-order valence-corrected chi connectivity index (χ4v) is 16.4. The Morgan fingerprint density at radius 2 is 0.889 bits per heavy atom. The molecule has 144 heavy (non-hydrogen) atoms. The number of nitrogens with one attached hydrogen (secondary N) is 1. The molecule has 0 bridgehead atoms. The van der Waals surface area contributed by atoms with Crippen molar-refractivity contribution in [3.63, 3.8) is 0 Å². The van der Waals surface area contributed by atoms with Crippen molar-refractivity contribution in [3.05, 3.63) is 160 Å². The molecule has 61 heteroatoms. The van der Waals surface area contributed by atoms with Crippen LogP contribution in [-0.4, -0.2) is 336 Å². The van der Waals surface area contributed by atoms with E-state index in [1.165, 1.54) is 67.3 Å². The summed E-state index contributed by atoms with van der Waals surface area (Å²) in [6, 6.07) is -1.57. The number of imidazole rings is 5. The number of aromatic amines is 1. The van der Waals surface area contributed by atoms with Gasteiger partial charge in [0.05, 0.1) is 50.5 Å². The van der Waals surface area contributed by atoms with Crippen LogP contribution in [0, 0.1) is 25.7 Å². The third kappa shape index (κ3) is 21.6. The third-order valence-electron chi connectivity index (χ3n) is 23.5. The summed E-state index contributed by atoms with van der Waals surface area (Å²) in [4.78, 5) is 160. The molecule has 5 fully saturated rings. The Kier molecular flexibility index (Phi) is 35.6. The van der Waals surface area contributed by atoms with Crippen molar-refractivity contribution >= 4 is 104 Å². The van der Waals surface area contributed by atoms with Crippen molar-refractivity contribution in [2.45, 2.75) is 203 Å². The Hall–Kier alpha value is -14.5. The minimum atomic E-state index is -1.58. The van der Waals surface area contributed by atoms with E-state index in [0.29, 0.717) is 22.4 Å². The molecule has 1 saturated carbocycles. The average molecular weight is 2030 g/mol. The Morgan fingerprint density at radius 1 is 0.493 bits per heavy atom. The van der Waals surface area contributed by atoms with E-state index in [1.807, 2.05) is 6.79 Å². The first kappa shape index (κ1) is 110. The van der Waals surface area contributed by atoms with Gasteiger partial charge in [0.25, 0.3) is 5.56 Å². The average Bonchev–Trinajstić information content (AvgIpc) is 1.59. The number of carbonyl (C=O) groups excluding carboxylic acids is 3. The minimum Gasteiger partial charge on any atom is -0.468 e. The van der Waals surface area contributed by atoms with E-state index in [2.05, 4.69) is 82.7 Å². The van der Waals surface area contributed by atoms with E-state index in [4.69, 9.17) is 85.9 Å². The van der Waals surface area contributed by atoms with Crippen molar-refractivity contribution < 1.29 is 133 Å². The minimum absolute atomic E-state index is 0.0145. The number of esters is 1. The second-order valence-electron chi connectivity index (χ2n) is 33.0. The summed E-state index contributed by atoms with van der Waals surface area (Å²) in [5.74, 6) is -2.92. The van der Waals surface area contributed by atoms with Gasteiger partial charge < -0.3 is 157 Å². The molecule has 784 valence electrons. The van der Waals surface area contributed by atoms with Crippen LogP contribution in [0.1, 0.15) is 75.4 Å². The first-order valence-electron chi connectivity index (χ1n) is 43.9. The van der Waals surface area contributed by atoms with Crippen molar-refractivity contribution in [2.75, 3.05) is 82.1 Å². The predicted molar refractivity (Wildman–Crippen MR) is 498 cm³/mol. The van der Waals surface area contributed by atoms with Gasteiger partial charge in [0.1, 0.15) is 110 Å². The fourth-order valence-electron chi connectivity index (χ4n) is 16.4. The molecular weight excluding hydrogens is 1920 g/mol. The van der Waals surface area contributed by atoms with Gasteiger partial charge in [-0.05, 0) is 33.1 Å². The number of nitrogen functional groups attached to an aromatic ring is 5. The Bertz CT molecular complexity index is 6960. The van der Waals surface area contributed by atoms with Crippen molar-refractivity contribution in [2.24, 2.45) is 17.6 Å². The van der Waals surface area contributed by atoms with Gasteiger partial charge in [0.15, 0.2) is 94.6 Å². The Labute approximate surface area is 808 Å². The number of rotatable bonds is 30. The number of aryl methyl sites for hydroxylation is 2. The molecule has 11 aromatic heterocycles. The number of fused-ring (bicyclic) bond motifs is 5. The summed E-state index contributed by atoms with van der Waals surface area (Å²) in [6.45, 7) is 26.3. The number of aliphatic hydroxyl groups excluding tert-OH is 14. The molecule has 4 saturated heterocycles. The molecule has 1 aliphatic carbocycles. The monoisotopic (exact) mass is 2030 g/mol. The number of amides is 1.